The summed E-state index contributed by atoms with van der Waals surface area (Å²) in [5.74, 6) is 1.15. The number of rotatable bonds is 0. The van der Waals surface area contributed by atoms with Crippen molar-refractivity contribution in [3.8, 4) is 0 Å². The van der Waals surface area contributed by atoms with Crippen molar-refractivity contribution in [1.82, 2.24) is 0 Å². The molecule has 11 heavy (non-hydrogen) atoms. The minimum Gasteiger partial charge on any atom is -0.370 e. The van der Waals surface area contributed by atoms with Crippen LogP contribution in [-0.2, 0) is 9.53 Å². The van der Waals surface area contributed by atoms with Crippen molar-refractivity contribution < 1.29 is 9.53 Å². The largest absolute Gasteiger partial charge is 0.370 e. The van der Waals surface area contributed by atoms with Gasteiger partial charge in [0, 0.05) is 12.5 Å². The first kappa shape index (κ1) is 7.29. The van der Waals surface area contributed by atoms with Gasteiger partial charge in [0.2, 0.25) is 0 Å². The smallest absolute Gasteiger partial charge is 0.164 e. The third-order valence-corrected chi connectivity index (χ3v) is 2.95. The molecule has 2 heteroatoms. The summed E-state index contributed by atoms with van der Waals surface area (Å²) >= 11 is 0. The van der Waals surface area contributed by atoms with Gasteiger partial charge in [-0.15, -0.1) is 0 Å². The molecule has 1 saturated heterocycles. The number of fused-ring (bicyclic) bond motifs is 1. The Morgan fingerprint density at radius 1 is 1.36 bits per heavy atom. The zero-order valence-corrected chi connectivity index (χ0v) is 6.88. The highest BCUT2D eigenvalue weighted by Crippen LogP contribution is 2.34. The van der Waals surface area contributed by atoms with E-state index in [-0.39, 0.29) is 12.0 Å². The molecule has 0 aromatic rings. The lowest BCUT2D eigenvalue weighted by Gasteiger charge is -2.26. The van der Waals surface area contributed by atoms with E-state index in [4.69, 9.17) is 4.74 Å². The van der Waals surface area contributed by atoms with Crippen LogP contribution in [0.25, 0.3) is 0 Å². The van der Waals surface area contributed by atoms with Crippen LogP contribution < -0.4 is 0 Å². The van der Waals surface area contributed by atoms with Crippen molar-refractivity contribution in [3.05, 3.63) is 0 Å². The Morgan fingerprint density at radius 2 is 2.18 bits per heavy atom. The fourth-order valence-electron chi connectivity index (χ4n) is 2.13. The van der Waals surface area contributed by atoms with E-state index in [1.807, 2.05) is 6.92 Å². The van der Waals surface area contributed by atoms with Crippen LogP contribution in [0, 0.1) is 11.8 Å². The van der Waals surface area contributed by atoms with Crippen LogP contribution in [0.4, 0.5) is 0 Å². The van der Waals surface area contributed by atoms with Crippen molar-refractivity contribution in [1.29, 1.82) is 0 Å². The number of hydrogen-bond donors (Lipinski definition) is 0. The summed E-state index contributed by atoms with van der Waals surface area (Å²) in [6.07, 6.45) is 3.34. The van der Waals surface area contributed by atoms with E-state index in [0.29, 0.717) is 11.7 Å². The van der Waals surface area contributed by atoms with E-state index < -0.39 is 0 Å². The van der Waals surface area contributed by atoms with Crippen molar-refractivity contribution in [2.45, 2.75) is 32.3 Å². The molecule has 2 rings (SSSR count). The average molecular weight is 154 g/mol. The van der Waals surface area contributed by atoms with Gasteiger partial charge in [0.05, 0.1) is 0 Å². The minimum atomic E-state index is -0.0289. The molecular weight excluding hydrogens is 140 g/mol. The minimum absolute atomic E-state index is 0.0289. The van der Waals surface area contributed by atoms with Crippen LogP contribution in [0.3, 0.4) is 0 Å². The summed E-state index contributed by atoms with van der Waals surface area (Å²) in [6.45, 7) is 2.81. The lowest BCUT2D eigenvalue weighted by molar-refractivity contribution is -0.136. The van der Waals surface area contributed by atoms with E-state index in [9.17, 15) is 4.79 Å². The van der Waals surface area contributed by atoms with E-state index in [1.54, 1.807) is 0 Å². The van der Waals surface area contributed by atoms with Gasteiger partial charge in [-0.05, 0) is 25.2 Å². The van der Waals surface area contributed by atoms with Gasteiger partial charge in [-0.2, -0.15) is 0 Å². The molecule has 1 aliphatic heterocycles. The molecule has 1 aliphatic carbocycles. The molecule has 3 unspecified atom stereocenters. The normalized spacial score (nSPS) is 44.1. The standard InChI is InChI=1S/C9H14O2/c1-6-2-3-7-4-5-11-9(7)8(6)10/h6-7,9H,2-5H2,1H3. The Bertz CT molecular complexity index is 176. The molecule has 3 atom stereocenters. The van der Waals surface area contributed by atoms with Crippen molar-refractivity contribution in [2.24, 2.45) is 11.8 Å². The first-order valence-electron chi connectivity index (χ1n) is 4.44. The number of Topliss-reactive ketones (excluding diaryl/α,β-unsaturated/α-hetero) is 1. The second kappa shape index (κ2) is 2.59. The van der Waals surface area contributed by atoms with Crippen LogP contribution in [0.15, 0.2) is 0 Å². The van der Waals surface area contributed by atoms with Crippen LogP contribution in [0.5, 0.6) is 0 Å². The molecule has 1 heterocycles. The number of ketones is 1. The van der Waals surface area contributed by atoms with Gasteiger partial charge >= 0.3 is 0 Å². The molecule has 1 saturated carbocycles. The molecular formula is C9H14O2. The third-order valence-electron chi connectivity index (χ3n) is 2.95. The zero-order valence-electron chi connectivity index (χ0n) is 6.88. The van der Waals surface area contributed by atoms with Crippen LogP contribution in [-0.4, -0.2) is 18.5 Å². The number of ether oxygens (including phenoxy) is 1. The second-order valence-corrected chi connectivity index (χ2v) is 3.72. The Kier molecular flexibility index (Phi) is 1.72. The van der Waals surface area contributed by atoms with Gasteiger partial charge in [0.1, 0.15) is 6.10 Å². The van der Waals surface area contributed by atoms with Gasteiger partial charge in [-0.3, -0.25) is 4.79 Å². The zero-order chi connectivity index (χ0) is 7.84. The maximum atomic E-state index is 11.5. The Morgan fingerprint density at radius 3 is 3.00 bits per heavy atom. The Balaban J connectivity index is 2.12. The number of carbonyl (C=O) groups excluding carboxylic acids is 1. The summed E-state index contributed by atoms with van der Waals surface area (Å²) in [4.78, 5) is 11.5. The molecule has 2 nitrogen and oxygen atoms in total. The summed E-state index contributed by atoms with van der Waals surface area (Å²) < 4.78 is 5.39. The van der Waals surface area contributed by atoms with E-state index in [2.05, 4.69) is 0 Å². The summed E-state index contributed by atoms with van der Waals surface area (Å²) in [6, 6.07) is 0. The quantitative estimate of drug-likeness (QED) is 0.527. The maximum Gasteiger partial charge on any atom is 0.164 e. The Labute approximate surface area is 66.9 Å². The molecule has 0 bridgehead atoms. The predicted molar refractivity (Wildman–Crippen MR) is 41.3 cm³/mol. The van der Waals surface area contributed by atoms with Crippen molar-refractivity contribution in [2.75, 3.05) is 6.61 Å². The van der Waals surface area contributed by atoms with Crippen molar-refractivity contribution >= 4 is 5.78 Å². The molecule has 0 amide bonds. The fraction of sp³-hybridized carbons (Fsp3) is 0.889. The van der Waals surface area contributed by atoms with Gasteiger partial charge in [0.15, 0.2) is 5.78 Å². The lowest BCUT2D eigenvalue weighted by atomic mass is 9.80. The predicted octanol–water partition coefficient (Wildman–Crippen LogP) is 1.39. The summed E-state index contributed by atoms with van der Waals surface area (Å²) in [5.41, 5.74) is 0. The highest BCUT2D eigenvalue weighted by atomic mass is 16.5. The monoisotopic (exact) mass is 154 g/mol. The van der Waals surface area contributed by atoms with E-state index in [0.717, 1.165) is 19.4 Å². The lowest BCUT2D eigenvalue weighted by Crippen LogP contribution is -2.36. The first-order chi connectivity index (χ1) is 5.29. The van der Waals surface area contributed by atoms with Gasteiger partial charge < -0.3 is 4.74 Å². The number of carbonyl (C=O) groups is 1. The maximum absolute atomic E-state index is 11.5. The second-order valence-electron chi connectivity index (χ2n) is 3.72. The van der Waals surface area contributed by atoms with E-state index >= 15 is 0 Å². The van der Waals surface area contributed by atoms with Gasteiger partial charge in [-0.25, -0.2) is 0 Å². The molecule has 0 aromatic carbocycles. The molecule has 2 aliphatic rings. The number of hydrogen-bond acceptors (Lipinski definition) is 2. The highest BCUT2D eigenvalue weighted by molar-refractivity contribution is 5.86. The van der Waals surface area contributed by atoms with Crippen molar-refractivity contribution in [3.63, 3.8) is 0 Å². The highest BCUT2D eigenvalue weighted by Gasteiger charge is 2.39. The molecule has 0 radical (unpaired) electrons. The molecule has 62 valence electrons. The third kappa shape index (κ3) is 1.09. The topological polar surface area (TPSA) is 26.3 Å². The fourth-order valence-corrected chi connectivity index (χ4v) is 2.13. The van der Waals surface area contributed by atoms with E-state index in [1.165, 1.54) is 6.42 Å². The van der Waals surface area contributed by atoms with Gasteiger partial charge in [0.25, 0.3) is 0 Å². The average Bonchev–Trinajstić information content (AvgIpc) is 2.45. The van der Waals surface area contributed by atoms with Crippen LogP contribution in [0.1, 0.15) is 26.2 Å². The molecule has 0 N–H and O–H groups in total. The Hall–Kier alpha value is -0.370. The summed E-state index contributed by atoms with van der Waals surface area (Å²) in [7, 11) is 0. The van der Waals surface area contributed by atoms with Gasteiger partial charge in [-0.1, -0.05) is 6.92 Å². The summed E-state index contributed by atoms with van der Waals surface area (Å²) in [5, 5.41) is 0. The van der Waals surface area contributed by atoms with Crippen LogP contribution >= 0.6 is 0 Å². The van der Waals surface area contributed by atoms with Crippen LogP contribution in [0.2, 0.25) is 0 Å². The molecule has 0 aromatic heterocycles. The molecule has 2 fully saturated rings. The molecule has 0 spiro atoms. The first-order valence-corrected chi connectivity index (χ1v) is 4.44. The SMILES string of the molecule is CC1CCC2CCOC2C1=O.